The highest BCUT2D eigenvalue weighted by Crippen LogP contribution is 2.01. The minimum atomic E-state index is -0.452. The van der Waals surface area contributed by atoms with Gasteiger partial charge in [0.25, 0.3) is 0 Å². The number of halogens is 1. The molecule has 0 radical (unpaired) electrons. The Labute approximate surface area is 101 Å². The molecule has 0 saturated heterocycles. The van der Waals surface area contributed by atoms with Crippen LogP contribution in [0.5, 0.6) is 0 Å². The van der Waals surface area contributed by atoms with Crippen LogP contribution in [0.15, 0.2) is 24.3 Å². The Morgan fingerprint density at radius 3 is 2.62 bits per heavy atom. The van der Waals surface area contributed by atoms with Crippen molar-refractivity contribution in [3.63, 3.8) is 0 Å². The van der Waals surface area contributed by atoms with Gasteiger partial charge in [0.05, 0.1) is 0 Å². The second-order valence-electron chi connectivity index (χ2n) is 3.40. The van der Waals surface area contributed by atoms with Crippen molar-refractivity contribution in [1.29, 1.82) is 0 Å². The first kappa shape index (κ1) is 12.6. The second kappa shape index (κ2) is 6.19. The van der Waals surface area contributed by atoms with E-state index in [9.17, 15) is 4.79 Å². The Morgan fingerprint density at radius 1 is 1.44 bits per heavy atom. The van der Waals surface area contributed by atoms with Crippen LogP contribution in [0.2, 0.25) is 0 Å². The third kappa shape index (κ3) is 4.37. The number of carbonyl (C=O) groups excluding carboxylic acids is 1. The molecule has 2 nitrogen and oxygen atoms in total. The Morgan fingerprint density at radius 2 is 2.06 bits per heavy atom. The van der Waals surface area contributed by atoms with Crippen LogP contribution in [-0.4, -0.2) is 18.0 Å². The summed E-state index contributed by atoms with van der Waals surface area (Å²) in [6, 6.07) is 7.83. The number of carbonyl (C=O) groups is 1. The summed E-state index contributed by atoms with van der Waals surface area (Å²) < 4.78 is 4.90. The molecule has 1 rings (SSSR count). The molecule has 0 amide bonds. The van der Waals surface area contributed by atoms with E-state index in [1.54, 1.807) is 6.92 Å². The number of hydrogen-bond acceptors (Lipinski definition) is 2. The lowest BCUT2D eigenvalue weighted by atomic mass is 10.1. The van der Waals surface area contributed by atoms with E-state index in [4.69, 9.17) is 16.3 Å². The molecule has 84 valence electrons. The topological polar surface area (TPSA) is 26.3 Å². The summed E-state index contributed by atoms with van der Waals surface area (Å²) in [4.78, 5) is 10.9. The van der Waals surface area contributed by atoms with E-state index in [0.29, 0.717) is 0 Å². The van der Waals surface area contributed by atoms with Crippen molar-refractivity contribution in [3.05, 3.63) is 35.4 Å². The zero-order valence-corrected chi connectivity index (χ0v) is 10.0. The fourth-order valence-electron chi connectivity index (χ4n) is 1.08. The number of aryl methyl sites for hydroxylation is 1. The number of alkyl halides is 1. The van der Waals surface area contributed by atoms with Crippen molar-refractivity contribution in [2.24, 2.45) is 0 Å². The first-order valence-corrected chi connectivity index (χ1v) is 5.49. The molecule has 0 spiro atoms. The van der Waals surface area contributed by atoms with Gasteiger partial charge in [-0.2, -0.15) is 0 Å². The highest BCUT2D eigenvalue weighted by molar-refractivity contribution is 6.26. The number of ether oxygens (including phenoxy) is 1. The van der Waals surface area contributed by atoms with Crippen LogP contribution in [0.3, 0.4) is 0 Å². The molecule has 0 bridgehead atoms. The van der Waals surface area contributed by atoms with E-state index in [-0.39, 0.29) is 5.88 Å². The van der Waals surface area contributed by atoms with Gasteiger partial charge in [-0.15, -0.1) is 11.6 Å². The minimum Gasteiger partial charge on any atom is -0.449 e. The fraction of sp³-hybridized carbons (Fsp3) is 0.308. The quantitative estimate of drug-likeness (QED) is 0.448. The van der Waals surface area contributed by atoms with Crippen LogP contribution < -0.4 is 0 Å². The summed E-state index contributed by atoms with van der Waals surface area (Å²) >= 11 is 5.31. The number of benzene rings is 1. The Bertz CT molecular complexity index is 412. The third-order valence-corrected chi connectivity index (χ3v) is 2.11. The maximum Gasteiger partial charge on any atom is 0.322 e. The molecule has 0 aromatic heterocycles. The SMILES string of the molecule is Cc1ccc(C#CC(C)OC(=O)CCl)cc1. The lowest BCUT2D eigenvalue weighted by Gasteiger charge is -2.04. The molecule has 3 heteroatoms. The van der Waals surface area contributed by atoms with Crippen molar-refractivity contribution < 1.29 is 9.53 Å². The molecular formula is C13H13ClO2. The predicted molar refractivity (Wildman–Crippen MR) is 64.3 cm³/mol. The van der Waals surface area contributed by atoms with Gasteiger partial charge in [0.1, 0.15) is 5.88 Å². The zero-order valence-electron chi connectivity index (χ0n) is 9.29. The highest BCUT2D eigenvalue weighted by atomic mass is 35.5. The largest absolute Gasteiger partial charge is 0.449 e. The molecule has 16 heavy (non-hydrogen) atoms. The van der Waals surface area contributed by atoms with Crippen molar-refractivity contribution in [2.75, 3.05) is 5.88 Å². The normalized spacial score (nSPS) is 11.2. The van der Waals surface area contributed by atoms with Gasteiger partial charge in [0, 0.05) is 5.56 Å². The zero-order chi connectivity index (χ0) is 12.0. The maximum atomic E-state index is 10.9. The smallest absolute Gasteiger partial charge is 0.322 e. The summed E-state index contributed by atoms with van der Waals surface area (Å²) in [5.74, 6) is 5.17. The van der Waals surface area contributed by atoms with E-state index in [2.05, 4.69) is 11.8 Å². The van der Waals surface area contributed by atoms with Gasteiger partial charge in [-0.05, 0) is 26.0 Å². The van der Waals surface area contributed by atoms with Crippen LogP contribution in [0.1, 0.15) is 18.1 Å². The summed E-state index contributed by atoms with van der Waals surface area (Å²) in [6.07, 6.45) is -0.437. The van der Waals surface area contributed by atoms with Gasteiger partial charge in [-0.1, -0.05) is 29.5 Å². The average molecular weight is 237 g/mol. The third-order valence-electron chi connectivity index (χ3n) is 1.89. The molecule has 0 heterocycles. The molecular weight excluding hydrogens is 224 g/mol. The van der Waals surface area contributed by atoms with Gasteiger partial charge in [0.2, 0.25) is 0 Å². The highest BCUT2D eigenvalue weighted by Gasteiger charge is 2.03. The number of hydrogen-bond donors (Lipinski definition) is 0. The molecule has 1 aromatic carbocycles. The molecule has 0 saturated carbocycles. The molecule has 1 atom stereocenters. The van der Waals surface area contributed by atoms with Gasteiger partial charge in [-0.25, -0.2) is 0 Å². The Hall–Kier alpha value is -1.46. The first-order valence-electron chi connectivity index (χ1n) is 4.95. The number of rotatable bonds is 2. The van der Waals surface area contributed by atoms with Crippen LogP contribution >= 0.6 is 11.6 Å². The minimum absolute atomic E-state index is 0.142. The molecule has 1 aromatic rings. The van der Waals surface area contributed by atoms with E-state index >= 15 is 0 Å². The van der Waals surface area contributed by atoms with Crippen LogP contribution in [0.4, 0.5) is 0 Å². The van der Waals surface area contributed by atoms with E-state index in [1.165, 1.54) is 5.56 Å². The monoisotopic (exact) mass is 236 g/mol. The van der Waals surface area contributed by atoms with Crippen molar-refractivity contribution in [3.8, 4) is 11.8 Å². The predicted octanol–water partition coefficient (Wildman–Crippen LogP) is 2.52. The Kier molecular flexibility index (Phi) is 4.88. The summed E-state index contributed by atoms with van der Waals surface area (Å²) in [5.41, 5.74) is 2.09. The van der Waals surface area contributed by atoms with Gasteiger partial charge in [-0.3, -0.25) is 4.79 Å². The molecule has 0 N–H and O–H groups in total. The summed E-state index contributed by atoms with van der Waals surface area (Å²) in [6.45, 7) is 3.73. The van der Waals surface area contributed by atoms with Crippen molar-refractivity contribution in [1.82, 2.24) is 0 Å². The van der Waals surface area contributed by atoms with Crippen molar-refractivity contribution in [2.45, 2.75) is 20.0 Å². The Balaban J connectivity index is 2.60. The van der Waals surface area contributed by atoms with Crippen LogP contribution in [0, 0.1) is 18.8 Å². The molecule has 0 aliphatic heterocycles. The second-order valence-corrected chi connectivity index (χ2v) is 3.67. The van der Waals surface area contributed by atoms with Gasteiger partial charge in [0.15, 0.2) is 6.10 Å². The van der Waals surface area contributed by atoms with E-state index < -0.39 is 12.1 Å². The van der Waals surface area contributed by atoms with Gasteiger partial charge >= 0.3 is 5.97 Å². The van der Waals surface area contributed by atoms with Crippen molar-refractivity contribution >= 4 is 17.6 Å². The lowest BCUT2D eigenvalue weighted by molar-refractivity contribution is -0.142. The molecule has 0 aliphatic carbocycles. The van der Waals surface area contributed by atoms with Gasteiger partial charge < -0.3 is 4.74 Å². The molecule has 1 unspecified atom stereocenters. The van der Waals surface area contributed by atoms with E-state index in [1.807, 2.05) is 31.2 Å². The summed E-state index contributed by atoms with van der Waals surface area (Å²) in [5, 5.41) is 0. The standard InChI is InChI=1S/C13H13ClO2/c1-10-3-6-12(7-4-10)8-5-11(2)16-13(15)9-14/h3-4,6-7,11H,9H2,1-2H3. The first-order chi connectivity index (χ1) is 7.61. The molecule has 0 aliphatic rings. The average Bonchev–Trinajstić information content (AvgIpc) is 2.28. The lowest BCUT2D eigenvalue weighted by Crippen LogP contribution is -2.13. The molecule has 0 fully saturated rings. The maximum absolute atomic E-state index is 10.9. The fourth-order valence-corrected chi connectivity index (χ4v) is 1.14. The van der Waals surface area contributed by atoms with Crippen LogP contribution in [0.25, 0.3) is 0 Å². The number of esters is 1. The van der Waals surface area contributed by atoms with Crippen LogP contribution in [-0.2, 0) is 9.53 Å². The van der Waals surface area contributed by atoms with E-state index in [0.717, 1.165) is 5.56 Å². The summed E-state index contributed by atoms with van der Waals surface area (Å²) in [7, 11) is 0.